The summed E-state index contributed by atoms with van der Waals surface area (Å²) in [7, 11) is 0. The maximum absolute atomic E-state index is 12.7. The summed E-state index contributed by atoms with van der Waals surface area (Å²) in [4.78, 5) is 23.4. The molecule has 7 nitrogen and oxygen atoms in total. The smallest absolute Gasteiger partial charge is 0.293 e. The molecule has 0 aliphatic heterocycles. The molecule has 0 spiro atoms. The molecular formula is C18H15N3O4. The minimum atomic E-state index is -0.527. The van der Waals surface area contributed by atoms with E-state index in [1.165, 1.54) is 12.1 Å². The van der Waals surface area contributed by atoms with Gasteiger partial charge < -0.3 is 9.84 Å². The summed E-state index contributed by atoms with van der Waals surface area (Å²) in [6.07, 6.45) is 0. The number of hydrogen-bond donors (Lipinski definition) is 1. The van der Waals surface area contributed by atoms with Crippen LogP contribution in [0.15, 0.2) is 53.1 Å². The molecule has 0 radical (unpaired) electrons. The van der Waals surface area contributed by atoms with Crippen molar-refractivity contribution in [2.75, 3.05) is 5.32 Å². The lowest BCUT2D eigenvalue weighted by molar-refractivity contribution is -0.384. The standard InChI is InChI=1S/C18H15N3O4/c1-11-8-9-14(15(10-11)21(23)24)19-18(22)16-12(2)25-20-17(16)13-6-4-3-5-7-13/h3-10H,1-2H3,(H,19,22). The molecule has 0 fully saturated rings. The number of carbonyl (C=O) groups excluding carboxylic acids is 1. The predicted octanol–water partition coefficient (Wildman–Crippen LogP) is 4.12. The summed E-state index contributed by atoms with van der Waals surface area (Å²) >= 11 is 0. The van der Waals surface area contributed by atoms with E-state index in [0.29, 0.717) is 11.5 Å². The molecule has 0 aliphatic rings. The molecule has 1 N–H and O–H groups in total. The van der Waals surface area contributed by atoms with E-state index in [-0.39, 0.29) is 16.9 Å². The SMILES string of the molecule is Cc1ccc(NC(=O)c2c(-c3ccccc3)noc2C)c([N+](=O)[O-])c1. The first-order valence-electron chi connectivity index (χ1n) is 7.55. The number of amides is 1. The second kappa shape index (κ2) is 6.56. The van der Waals surface area contributed by atoms with Gasteiger partial charge in [-0.3, -0.25) is 14.9 Å². The largest absolute Gasteiger partial charge is 0.360 e. The fourth-order valence-corrected chi connectivity index (χ4v) is 2.52. The van der Waals surface area contributed by atoms with E-state index in [1.54, 1.807) is 19.9 Å². The Balaban J connectivity index is 1.99. The molecule has 0 bridgehead atoms. The molecule has 0 saturated carbocycles. The van der Waals surface area contributed by atoms with Crippen molar-refractivity contribution in [1.29, 1.82) is 0 Å². The van der Waals surface area contributed by atoms with E-state index < -0.39 is 10.8 Å². The van der Waals surface area contributed by atoms with Crippen molar-refractivity contribution in [1.82, 2.24) is 5.16 Å². The van der Waals surface area contributed by atoms with Crippen molar-refractivity contribution in [3.63, 3.8) is 0 Å². The van der Waals surface area contributed by atoms with Gasteiger partial charge in [0.05, 0.1) is 4.92 Å². The monoisotopic (exact) mass is 337 g/mol. The molecule has 1 heterocycles. The second-order valence-electron chi connectivity index (χ2n) is 5.56. The number of nitro groups is 1. The highest BCUT2D eigenvalue weighted by Gasteiger charge is 2.24. The average Bonchev–Trinajstić information content (AvgIpc) is 2.98. The van der Waals surface area contributed by atoms with E-state index in [4.69, 9.17) is 4.52 Å². The lowest BCUT2D eigenvalue weighted by atomic mass is 10.1. The van der Waals surface area contributed by atoms with Gasteiger partial charge in [-0.2, -0.15) is 0 Å². The minimum absolute atomic E-state index is 0.125. The molecule has 1 aromatic heterocycles. The molecule has 0 saturated heterocycles. The van der Waals surface area contributed by atoms with Crippen LogP contribution in [0.3, 0.4) is 0 Å². The third-order valence-electron chi connectivity index (χ3n) is 3.74. The van der Waals surface area contributed by atoms with Crippen molar-refractivity contribution >= 4 is 17.3 Å². The van der Waals surface area contributed by atoms with Crippen LogP contribution < -0.4 is 5.32 Å². The van der Waals surface area contributed by atoms with Crippen LogP contribution in [0.2, 0.25) is 0 Å². The lowest BCUT2D eigenvalue weighted by Crippen LogP contribution is -2.14. The summed E-state index contributed by atoms with van der Waals surface area (Å²) in [6.45, 7) is 3.37. The van der Waals surface area contributed by atoms with Crippen molar-refractivity contribution in [2.45, 2.75) is 13.8 Å². The molecule has 25 heavy (non-hydrogen) atoms. The van der Waals surface area contributed by atoms with Crippen LogP contribution >= 0.6 is 0 Å². The third-order valence-corrected chi connectivity index (χ3v) is 3.74. The van der Waals surface area contributed by atoms with Crippen molar-refractivity contribution in [2.24, 2.45) is 0 Å². The summed E-state index contributed by atoms with van der Waals surface area (Å²) in [5, 5.41) is 17.8. The highest BCUT2D eigenvalue weighted by atomic mass is 16.6. The first-order valence-corrected chi connectivity index (χ1v) is 7.55. The van der Waals surface area contributed by atoms with Gasteiger partial charge in [-0.25, -0.2) is 0 Å². The Hall–Kier alpha value is -3.48. The third kappa shape index (κ3) is 3.25. The lowest BCUT2D eigenvalue weighted by Gasteiger charge is -2.07. The van der Waals surface area contributed by atoms with Gasteiger partial charge in [0, 0.05) is 11.6 Å². The van der Waals surface area contributed by atoms with Gasteiger partial charge in [0.2, 0.25) is 0 Å². The van der Waals surface area contributed by atoms with Crippen LogP contribution in [0, 0.1) is 24.0 Å². The molecule has 0 atom stereocenters. The fraction of sp³-hybridized carbons (Fsp3) is 0.111. The number of rotatable bonds is 4. The van der Waals surface area contributed by atoms with Crippen molar-refractivity contribution in [3.05, 3.63) is 75.5 Å². The molecule has 2 aromatic carbocycles. The Morgan fingerprint density at radius 2 is 1.88 bits per heavy atom. The highest BCUT2D eigenvalue weighted by molar-refractivity contribution is 6.09. The molecule has 126 valence electrons. The average molecular weight is 337 g/mol. The van der Waals surface area contributed by atoms with Gasteiger partial charge in [-0.15, -0.1) is 0 Å². The Labute approximate surface area is 143 Å². The van der Waals surface area contributed by atoms with Gasteiger partial charge in [-0.05, 0) is 25.5 Å². The zero-order chi connectivity index (χ0) is 18.0. The number of nitrogens with zero attached hydrogens (tertiary/aromatic N) is 2. The molecule has 0 aliphatic carbocycles. The van der Waals surface area contributed by atoms with Crippen LogP contribution in [0.25, 0.3) is 11.3 Å². The van der Waals surface area contributed by atoms with E-state index in [1.807, 2.05) is 30.3 Å². The molecule has 3 aromatic rings. The highest BCUT2D eigenvalue weighted by Crippen LogP contribution is 2.29. The maximum atomic E-state index is 12.7. The Morgan fingerprint density at radius 1 is 1.16 bits per heavy atom. The molecule has 7 heteroatoms. The summed E-state index contributed by atoms with van der Waals surface area (Å²) < 4.78 is 5.16. The maximum Gasteiger partial charge on any atom is 0.293 e. The zero-order valence-corrected chi connectivity index (χ0v) is 13.6. The first-order chi connectivity index (χ1) is 12.0. The molecule has 1 amide bonds. The predicted molar refractivity (Wildman–Crippen MR) is 92.5 cm³/mol. The van der Waals surface area contributed by atoms with E-state index in [0.717, 1.165) is 11.1 Å². The number of benzene rings is 2. The van der Waals surface area contributed by atoms with Gasteiger partial charge in [0.25, 0.3) is 11.6 Å². The first kappa shape index (κ1) is 16.4. The van der Waals surface area contributed by atoms with Crippen molar-refractivity contribution < 1.29 is 14.2 Å². The molecule has 3 rings (SSSR count). The number of hydrogen-bond acceptors (Lipinski definition) is 5. The molecule has 0 unspecified atom stereocenters. The Morgan fingerprint density at radius 3 is 2.56 bits per heavy atom. The second-order valence-corrected chi connectivity index (χ2v) is 5.56. The summed E-state index contributed by atoms with van der Waals surface area (Å²) in [5.41, 5.74) is 2.06. The van der Waals surface area contributed by atoms with Crippen LogP contribution in [-0.2, 0) is 0 Å². The fourth-order valence-electron chi connectivity index (χ4n) is 2.52. The van der Waals surface area contributed by atoms with E-state index in [2.05, 4.69) is 10.5 Å². The topological polar surface area (TPSA) is 98.3 Å². The Kier molecular flexibility index (Phi) is 4.30. The van der Waals surface area contributed by atoms with E-state index in [9.17, 15) is 14.9 Å². The van der Waals surface area contributed by atoms with Crippen LogP contribution in [0.1, 0.15) is 21.7 Å². The van der Waals surface area contributed by atoms with Gasteiger partial charge >= 0.3 is 0 Å². The minimum Gasteiger partial charge on any atom is -0.360 e. The number of anilines is 1. The van der Waals surface area contributed by atoms with E-state index >= 15 is 0 Å². The van der Waals surface area contributed by atoms with Crippen molar-refractivity contribution in [3.8, 4) is 11.3 Å². The van der Waals surface area contributed by atoms with Gasteiger partial charge in [0.15, 0.2) is 0 Å². The quantitative estimate of drug-likeness (QED) is 0.570. The normalized spacial score (nSPS) is 10.5. The van der Waals surface area contributed by atoms with Gasteiger partial charge in [-0.1, -0.05) is 41.6 Å². The van der Waals surface area contributed by atoms with Crippen LogP contribution in [0.4, 0.5) is 11.4 Å². The van der Waals surface area contributed by atoms with Crippen LogP contribution in [-0.4, -0.2) is 16.0 Å². The van der Waals surface area contributed by atoms with Crippen LogP contribution in [0.5, 0.6) is 0 Å². The summed E-state index contributed by atoms with van der Waals surface area (Å²) in [5.74, 6) is -0.171. The molecular weight excluding hydrogens is 322 g/mol. The number of nitro benzene ring substituents is 1. The zero-order valence-electron chi connectivity index (χ0n) is 13.6. The number of aryl methyl sites for hydroxylation is 2. The number of aromatic nitrogens is 1. The van der Waals surface area contributed by atoms with Gasteiger partial charge in [0.1, 0.15) is 22.7 Å². The number of nitrogens with one attached hydrogen (secondary N) is 1. The Bertz CT molecular complexity index is 948. The summed E-state index contributed by atoms with van der Waals surface area (Å²) in [6, 6.07) is 13.7. The number of carbonyl (C=O) groups is 1.